The average Bonchev–Trinajstić information content (AvgIpc) is 2.40. The van der Waals surface area contributed by atoms with Crippen LogP contribution < -0.4 is 4.13 Å². The van der Waals surface area contributed by atoms with Crippen molar-refractivity contribution in [2.75, 3.05) is 0 Å². The van der Waals surface area contributed by atoms with E-state index in [0.717, 1.165) is 0 Å². The number of nitrogens with zero attached hydrogens (tertiary/aromatic N) is 2. The molecule has 9 heteroatoms. The zero-order valence-corrected chi connectivity index (χ0v) is 11.1. The molecule has 0 bridgehead atoms. The van der Waals surface area contributed by atoms with Gasteiger partial charge in [0.15, 0.2) is 10.1 Å². The first kappa shape index (κ1) is 13.6. The maximum absolute atomic E-state index is 11.8. The summed E-state index contributed by atoms with van der Waals surface area (Å²) in [5, 5.41) is -0.760. The maximum Gasteiger partial charge on any atom is 0.271 e. The molecule has 0 unspecified atom stereocenters. The molecule has 0 aliphatic carbocycles. The molecule has 0 atom stereocenters. The molecule has 0 aliphatic rings. The lowest BCUT2D eigenvalue weighted by Gasteiger charge is -2.06. The molecule has 19 heavy (non-hydrogen) atoms. The van der Waals surface area contributed by atoms with Gasteiger partial charge in [-0.15, -0.1) is 0 Å². The quantitative estimate of drug-likeness (QED) is 0.861. The third-order valence-electron chi connectivity index (χ3n) is 2.05. The minimum atomic E-state index is -4.26. The summed E-state index contributed by atoms with van der Waals surface area (Å²) in [6.45, 7) is 0. The molecule has 0 amide bonds. The minimum absolute atomic E-state index is 0.380. The van der Waals surface area contributed by atoms with E-state index in [0.29, 0.717) is 0 Å². The first-order valence-corrected chi connectivity index (χ1v) is 7.99. The second-order valence-corrected chi connectivity index (χ2v) is 6.94. The Labute approximate surface area is 110 Å². The van der Waals surface area contributed by atoms with Gasteiger partial charge in [0, 0.05) is 12.4 Å². The number of pyridine rings is 2. The summed E-state index contributed by atoms with van der Waals surface area (Å²) in [6, 6.07) is 8.30. The first-order chi connectivity index (χ1) is 8.92. The van der Waals surface area contributed by atoms with Crippen LogP contribution in [0.5, 0.6) is 0 Å². The summed E-state index contributed by atoms with van der Waals surface area (Å²) in [5.74, 6) is 0. The van der Waals surface area contributed by atoms with E-state index < -0.39 is 20.0 Å². The third-order valence-corrected chi connectivity index (χ3v) is 5.39. The molecule has 0 spiro atoms. The fourth-order valence-corrected chi connectivity index (χ4v) is 4.00. The topological polar surface area (TPSA) is 106 Å². The van der Waals surface area contributed by atoms with Gasteiger partial charge in [-0.3, -0.25) is 0 Å². The van der Waals surface area contributed by atoms with Crippen molar-refractivity contribution in [2.45, 2.75) is 10.1 Å². The van der Waals surface area contributed by atoms with Gasteiger partial charge < -0.3 is 0 Å². The van der Waals surface area contributed by atoms with Crippen LogP contribution in [-0.4, -0.2) is 26.8 Å². The van der Waals surface area contributed by atoms with Gasteiger partial charge in [-0.1, -0.05) is 16.3 Å². The van der Waals surface area contributed by atoms with Crippen LogP contribution >= 0.6 is 0 Å². The molecule has 0 radical (unpaired) electrons. The number of hydrogen-bond acceptors (Lipinski definition) is 6. The number of aromatic nitrogens is 2. The zero-order valence-electron chi connectivity index (χ0n) is 9.46. The van der Waals surface area contributed by atoms with E-state index in [4.69, 9.17) is 0 Å². The lowest BCUT2D eigenvalue weighted by atomic mass is 10.5. The molecule has 2 aromatic rings. The molecule has 0 aromatic carbocycles. The summed E-state index contributed by atoms with van der Waals surface area (Å²) in [5.41, 5.74) is 0. The highest BCUT2D eigenvalue weighted by atomic mass is 32.3. The van der Waals surface area contributed by atoms with Gasteiger partial charge in [-0.2, -0.15) is 0 Å². The average molecular weight is 299 g/mol. The van der Waals surface area contributed by atoms with Crippen LogP contribution in [0.4, 0.5) is 0 Å². The minimum Gasteiger partial charge on any atom is -0.243 e. The molecule has 0 saturated heterocycles. The summed E-state index contributed by atoms with van der Waals surface area (Å²) in [6.07, 6.45) is 2.50. The third kappa shape index (κ3) is 3.13. The second kappa shape index (κ2) is 5.03. The molecule has 0 fully saturated rings. The van der Waals surface area contributed by atoms with Crippen molar-refractivity contribution in [1.29, 1.82) is 0 Å². The molecule has 100 valence electrons. The second-order valence-electron chi connectivity index (χ2n) is 3.43. The van der Waals surface area contributed by atoms with Crippen LogP contribution in [0.1, 0.15) is 0 Å². The number of sulfonamides is 2. The van der Waals surface area contributed by atoms with Gasteiger partial charge in [0.25, 0.3) is 20.0 Å². The van der Waals surface area contributed by atoms with Crippen LogP contribution in [0.25, 0.3) is 0 Å². The van der Waals surface area contributed by atoms with E-state index in [2.05, 4.69) is 9.97 Å². The Morgan fingerprint density at radius 1 is 0.737 bits per heavy atom. The SMILES string of the molecule is O=S(=O)(NS(=O)(=O)c1ccccn1)c1ccccn1. The van der Waals surface area contributed by atoms with Gasteiger partial charge >= 0.3 is 0 Å². The van der Waals surface area contributed by atoms with E-state index >= 15 is 0 Å². The zero-order chi connectivity index (χ0) is 13.9. The lowest BCUT2D eigenvalue weighted by Crippen LogP contribution is -2.31. The molecule has 0 saturated carbocycles. The van der Waals surface area contributed by atoms with E-state index in [1.54, 1.807) is 4.13 Å². The molecule has 2 aromatic heterocycles. The van der Waals surface area contributed by atoms with Crippen LogP contribution in [0.3, 0.4) is 0 Å². The van der Waals surface area contributed by atoms with Crippen LogP contribution in [0, 0.1) is 0 Å². The van der Waals surface area contributed by atoms with Crippen molar-refractivity contribution in [2.24, 2.45) is 0 Å². The normalized spacial score (nSPS) is 12.2. The summed E-state index contributed by atoms with van der Waals surface area (Å²) < 4.78 is 48.9. The Balaban J connectivity index is 2.37. The largest absolute Gasteiger partial charge is 0.271 e. The molecule has 7 nitrogen and oxygen atoms in total. The lowest BCUT2D eigenvalue weighted by molar-refractivity contribution is 0.572. The van der Waals surface area contributed by atoms with E-state index in [1.165, 1.54) is 48.8 Å². The van der Waals surface area contributed by atoms with Crippen molar-refractivity contribution in [3.8, 4) is 0 Å². The van der Waals surface area contributed by atoms with Crippen molar-refractivity contribution >= 4 is 20.0 Å². The Kier molecular flexibility index (Phi) is 3.60. The van der Waals surface area contributed by atoms with Gasteiger partial charge in [0.1, 0.15) is 0 Å². The highest BCUT2D eigenvalue weighted by Gasteiger charge is 2.25. The predicted octanol–water partition coefficient (Wildman–Crippen LogP) is 0.144. The smallest absolute Gasteiger partial charge is 0.243 e. The molecule has 2 rings (SSSR count). The van der Waals surface area contributed by atoms with Gasteiger partial charge in [0.2, 0.25) is 0 Å². The molecular formula is C10H9N3O4S2. The summed E-state index contributed by atoms with van der Waals surface area (Å²) in [4.78, 5) is 7.19. The summed E-state index contributed by atoms with van der Waals surface area (Å²) in [7, 11) is -8.51. The highest BCUT2D eigenvalue weighted by molar-refractivity contribution is 8.04. The van der Waals surface area contributed by atoms with Gasteiger partial charge in [0.05, 0.1) is 0 Å². The van der Waals surface area contributed by atoms with Crippen LogP contribution in [-0.2, 0) is 20.0 Å². The van der Waals surface area contributed by atoms with Crippen LogP contribution in [0.2, 0.25) is 0 Å². The standard InChI is InChI=1S/C10H9N3O4S2/c14-18(15,9-5-1-3-7-11-9)13-19(16,17)10-6-2-4-8-12-10/h1-8,13H. The van der Waals surface area contributed by atoms with Crippen molar-refractivity contribution in [3.05, 3.63) is 48.8 Å². The predicted molar refractivity (Wildman–Crippen MR) is 66.0 cm³/mol. The van der Waals surface area contributed by atoms with Crippen molar-refractivity contribution in [3.63, 3.8) is 0 Å². The van der Waals surface area contributed by atoms with Gasteiger partial charge in [-0.05, 0) is 24.3 Å². The van der Waals surface area contributed by atoms with E-state index in [-0.39, 0.29) is 10.1 Å². The Morgan fingerprint density at radius 2 is 1.16 bits per heavy atom. The molecule has 0 aliphatic heterocycles. The first-order valence-electron chi connectivity index (χ1n) is 5.02. The monoisotopic (exact) mass is 299 g/mol. The van der Waals surface area contributed by atoms with Crippen molar-refractivity contribution < 1.29 is 16.8 Å². The van der Waals surface area contributed by atoms with Crippen LogP contribution in [0.15, 0.2) is 58.8 Å². The molecule has 2 heterocycles. The van der Waals surface area contributed by atoms with Gasteiger partial charge in [-0.25, -0.2) is 26.8 Å². The Hall–Kier alpha value is -1.84. The van der Waals surface area contributed by atoms with E-state index in [1.807, 2.05) is 0 Å². The Bertz CT molecular complexity index is 691. The van der Waals surface area contributed by atoms with E-state index in [9.17, 15) is 16.8 Å². The fraction of sp³-hybridized carbons (Fsp3) is 0. The Morgan fingerprint density at radius 3 is 1.47 bits per heavy atom. The molecule has 1 N–H and O–H groups in total. The molecular weight excluding hydrogens is 290 g/mol. The highest BCUT2D eigenvalue weighted by Crippen LogP contribution is 2.09. The number of rotatable bonds is 4. The maximum atomic E-state index is 11.8. The number of nitrogens with one attached hydrogen (secondary N) is 1. The fourth-order valence-electron chi connectivity index (χ4n) is 1.24. The van der Waals surface area contributed by atoms with Crippen molar-refractivity contribution in [1.82, 2.24) is 14.1 Å². The summed E-state index contributed by atoms with van der Waals surface area (Å²) >= 11 is 0. The number of hydrogen-bond donors (Lipinski definition) is 1.